The molecule has 11 heteroatoms. The summed E-state index contributed by atoms with van der Waals surface area (Å²) in [5.74, 6) is 0.299. The van der Waals surface area contributed by atoms with E-state index in [0.29, 0.717) is 17.0 Å². The Balaban J connectivity index is 1.60. The normalized spacial score (nSPS) is 16.3. The number of benzene rings is 3. The van der Waals surface area contributed by atoms with E-state index in [9.17, 15) is 21.6 Å². The number of ether oxygens (including phenoxy) is 2. The minimum atomic E-state index is -4.02. The summed E-state index contributed by atoms with van der Waals surface area (Å²) in [5, 5.41) is 2.84. The molecule has 3 aromatic carbocycles. The Labute approximate surface area is 217 Å². The summed E-state index contributed by atoms with van der Waals surface area (Å²) in [6, 6.07) is 16.9. The summed E-state index contributed by atoms with van der Waals surface area (Å²) in [6.45, 7) is 3.36. The van der Waals surface area contributed by atoms with Gasteiger partial charge in [-0.1, -0.05) is 18.2 Å². The van der Waals surface area contributed by atoms with Crippen molar-refractivity contribution in [2.45, 2.75) is 35.8 Å². The summed E-state index contributed by atoms with van der Waals surface area (Å²) in [5.41, 5.74) is 1.88. The molecular formula is C26H28N2O7S2. The van der Waals surface area contributed by atoms with Crippen LogP contribution < -0.4 is 19.1 Å². The fourth-order valence-corrected chi connectivity index (χ4v) is 6.09. The predicted octanol–water partition coefficient (Wildman–Crippen LogP) is 3.24. The fraction of sp³-hybridized carbons (Fsp3) is 0.269. The van der Waals surface area contributed by atoms with Crippen molar-refractivity contribution in [3.05, 3.63) is 77.9 Å². The first-order valence-electron chi connectivity index (χ1n) is 11.4. The van der Waals surface area contributed by atoms with Crippen LogP contribution in [0.15, 0.2) is 76.5 Å². The van der Waals surface area contributed by atoms with Gasteiger partial charge in [-0.3, -0.25) is 9.10 Å². The number of sulfone groups is 1. The Morgan fingerprint density at radius 2 is 1.62 bits per heavy atom. The molecule has 0 aromatic heterocycles. The van der Waals surface area contributed by atoms with E-state index in [1.807, 2.05) is 6.92 Å². The van der Waals surface area contributed by atoms with E-state index in [0.717, 1.165) is 11.8 Å². The first-order chi connectivity index (χ1) is 17.4. The molecule has 0 radical (unpaired) electrons. The smallest absolute Gasteiger partial charge is 0.264 e. The summed E-state index contributed by atoms with van der Waals surface area (Å²) in [4.78, 5) is 13.4. The van der Waals surface area contributed by atoms with Gasteiger partial charge in [0.2, 0.25) is 0 Å². The van der Waals surface area contributed by atoms with Crippen LogP contribution >= 0.6 is 0 Å². The molecule has 1 amide bonds. The maximum absolute atomic E-state index is 13.6. The van der Waals surface area contributed by atoms with Gasteiger partial charge < -0.3 is 14.8 Å². The lowest BCUT2D eigenvalue weighted by Gasteiger charge is -2.35. The van der Waals surface area contributed by atoms with Crippen molar-refractivity contribution in [3.8, 4) is 11.5 Å². The van der Waals surface area contributed by atoms with Crippen LogP contribution in [0.5, 0.6) is 11.5 Å². The Morgan fingerprint density at radius 1 is 1.00 bits per heavy atom. The van der Waals surface area contributed by atoms with Crippen molar-refractivity contribution < 1.29 is 31.1 Å². The lowest BCUT2D eigenvalue weighted by atomic mass is 10.1. The van der Waals surface area contributed by atoms with Crippen LogP contribution in [0.4, 0.5) is 5.69 Å². The number of carbonyl (C=O) groups is 1. The number of amides is 1. The van der Waals surface area contributed by atoms with E-state index in [1.165, 1.54) is 35.7 Å². The summed E-state index contributed by atoms with van der Waals surface area (Å²) in [6.07, 6.45) is 0.0135. The molecule has 4 rings (SSSR count). The Bertz CT molecular complexity index is 1520. The molecular weight excluding hydrogens is 516 g/mol. The Morgan fingerprint density at radius 3 is 2.22 bits per heavy atom. The average molecular weight is 545 g/mol. The van der Waals surface area contributed by atoms with Gasteiger partial charge in [0.25, 0.3) is 15.9 Å². The first-order valence-corrected chi connectivity index (χ1v) is 14.8. The molecule has 3 aromatic rings. The molecule has 0 bridgehead atoms. The van der Waals surface area contributed by atoms with Crippen LogP contribution in [0.1, 0.15) is 24.1 Å². The van der Waals surface area contributed by atoms with Gasteiger partial charge in [-0.05, 0) is 73.5 Å². The molecule has 0 saturated heterocycles. The third-order valence-corrected chi connectivity index (χ3v) is 9.01. The van der Waals surface area contributed by atoms with Crippen molar-refractivity contribution in [1.82, 2.24) is 5.32 Å². The highest BCUT2D eigenvalue weighted by Gasteiger charge is 2.38. The van der Waals surface area contributed by atoms with E-state index in [4.69, 9.17) is 9.47 Å². The van der Waals surface area contributed by atoms with Gasteiger partial charge in [0.15, 0.2) is 15.9 Å². The van der Waals surface area contributed by atoms with Gasteiger partial charge in [-0.15, -0.1) is 0 Å². The number of hydrogen-bond acceptors (Lipinski definition) is 7. The number of anilines is 1. The Kier molecular flexibility index (Phi) is 7.20. The van der Waals surface area contributed by atoms with E-state index in [-0.39, 0.29) is 22.1 Å². The molecule has 196 valence electrons. The summed E-state index contributed by atoms with van der Waals surface area (Å²) in [7, 11) is -5.87. The van der Waals surface area contributed by atoms with E-state index >= 15 is 0 Å². The largest absolute Gasteiger partial charge is 0.497 e. The average Bonchev–Trinajstić information content (AvgIpc) is 2.87. The lowest BCUT2D eigenvalue weighted by molar-refractivity contribution is -0.128. The second-order valence-electron chi connectivity index (χ2n) is 8.86. The van der Waals surface area contributed by atoms with Crippen molar-refractivity contribution >= 4 is 31.5 Å². The van der Waals surface area contributed by atoms with Crippen molar-refractivity contribution in [2.24, 2.45) is 0 Å². The fourth-order valence-electron chi connectivity index (χ4n) is 3.99. The van der Waals surface area contributed by atoms with Crippen LogP contribution in [0, 0.1) is 6.92 Å². The third kappa shape index (κ3) is 5.57. The molecule has 37 heavy (non-hydrogen) atoms. The van der Waals surface area contributed by atoms with Gasteiger partial charge >= 0.3 is 0 Å². The van der Waals surface area contributed by atoms with Crippen LogP contribution in [0.2, 0.25) is 0 Å². The maximum Gasteiger partial charge on any atom is 0.264 e. The van der Waals surface area contributed by atoms with E-state index in [2.05, 4.69) is 5.32 Å². The van der Waals surface area contributed by atoms with Gasteiger partial charge in [0.05, 0.1) is 35.2 Å². The zero-order valence-electron chi connectivity index (χ0n) is 20.8. The minimum absolute atomic E-state index is 0.0566. The molecule has 1 aliphatic heterocycles. The van der Waals surface area contributed by atoms with Crippen LogP contribution in [0.3, 0.4) is 0 Å². The lowest BCUT2D eigenvalue weighted by Crippen LogP contribution is -2.51. The van der Waals surface area contributed by atoms with Gasteiger partial charge in [0.1, 0.15) is 11.5 Å². The molecule has 0 unspecified atom stereocenters. The topological polar surface area (TPSA) is 119 Å². The molecule has 0 saturated carbocycles. The maximum atomic E-state index is 13.6. The quantitative estimate of drug-likeness (QED) is 0.485. The number of nitrogens with one attached hydrogen (secondary N) is 1. The number of aryl methyl sites for hydroxylation is 1. The zero-order chi connectivity index (χ0) is 27.0. The van der Waals surface area contributed by atoms with E-state index < -0.39 is 37.9 Å². The third-order valence-electron chi connectivity index (χ3n) is 6.09. The highest BCUT2D eigenvalue weighted by molar-refractivity contribution is 7.92. The standard InChI is InChI=1S/C26H28N2O7S2/c1-17-5-14-24-23(15-17)28(37(32,33)22-12-8-20(34-3)9-13-22)16-25(35-24)26(29)27-18(2)19-6-10-21(11-7-19)36(4,30)31/h5-15,18,25H,16H2,1-4H3,(H,27,29)/t18-,25-/m1/s1. The number of fused-ring (bicyclic) bond motifs is 1. The molecule has 2 atom stereocenters. The number of nitrogens with zero attached hydrogens (tertiary/aromatic N) is 1. The highest BCUT2D eigenvalue weighted by atomic mass is 32.2. The second kappa shape index (κ2) is 10.1. The molecule has 1 aliphatic rings. The zero-order valence-corrected chi connectivity index (χ0v) is 22.5. The highest BCUT2D eigenvalue weighted by Crippen LogP contribution is 2.38. The molecule has 1 N–H and O–H groups in total. The number of hydrogen-bond donors (Lipinski definition) is 1. The van der Waals surface area contributed by atoms with Gasteiger partial charge in [-0.25, -0.2) is 16.8 Å². The molecule has 1 heterocycles. The Hall–Kier alpha value is -3.57. The molecule has 0 spiro atoms. The number of sulfonamides is 1. The number of methoxy groups -OCH3 is 1. The SMILES string of the molecule is COc1ccc(S(=O)(=O)N2C[C@H](C(=O)N[C@H](C)c3ccc(S(C)(=O)=O)cc3)Oc3ccc(C)cc32)cc1. The van der Waals surface area contributed by atoms with E-state index in [1.54, 1.807) is 49.4 Å². The van der Waals surface area contributed by atoms with Crippen molar-refractivity contribution in [2.75, 3.05) is 24.2 Å². The predicted molar refractivity (Wildman–Crippen MR) is 139 cm³/mol. The molecule has 0 fully saturated rings. The number of carbonyl (C=O) groups excluding carboxylic acids is 1. The molecule has 0 aliphatic carbocycles. The van der Waals surface area contributed by atoms with Crippen molar-refractivity contribution in [1.29, 1.82) is 0 Å². The van der Waals surface area contributed by atoms with Gasteiger partial charge in [-0.2, -0.15) is 0 Å². The van der Waals surface area contributed by atoms with Gasteiger partial charge in [0, 0.05) is 6.26 Å². The second-order valence-corrected chi connectivity index (χ2v) is 12.7. The monoisotopic (exact) mass is 544 g/mol. The summed E-state index contributed by atoms with van der Waals surface area (Å²) >= 11 is 0. The van der Waals surface area contributed by atoms with Crippen LogP contribution in [-0.4, -0.2) is 48.8 Å². The van der Waals surface area contributed by atoms with Crippen LogP contribution in [0.25, 0.3) is 0 Å². The minimum Gasteiger partial charge on any atom is -0.497 e. The summed E-state index contributed by atoms with van der Waals surface area (Å²) < 4.78 is 63.0. The molecule has 9 nitrogen and oxygen atoms in total. The number of rotatable bonds is 7. The van der Waals surface area contributed by atoms with Crippen molar-refractivity contribution in [3.63, 3.8) is 0 Å². The first kappa shape index (κ1) is 26.5. The van der Waals surface area contributed by atoms with Crippen LogP contribution in [-0.2, 0) is 24.7 Å².